The lowest BCUT2D eigenvalue weighted by Gasteiger charge is -2.14. The number of ketones is 1. The Balaban J connectivity index is 3.06. The molecule has 0 spiro atoms. The summed E-state index contributed by atoms with van der Waals surface area (Å²) in [4.78, 5) is 11.3. The molecule has 0 aromatic heterocycles. The summed E-state index contributed by atoms with van der Waals surface area (Å²) in [7, 11) is 0. The largest absolute Gasteiger partial charge is 0.573 e. The fraction of sp³-hybridized carbons (Fsp3) is 0.364. The number of carbonyl (C=O) groups excluding carboxylic acids is 1. The second kappa shape index (κ2) is 6.43. The first-order valence-corrected chi connectivity index (χ1v) is 6.53. The average molecular weight is 346 g/mol. The van der Waals surface area contributed by atoms with Gasteiger partial charge in [0.1, 0.15) is 11.5 Å². The lowest BCUT2D eigenvalue weighted by atomic mass is 10.0. The van der Waals surface area contributed by atoms with E-state index in [4.69, 9.17) is 11.6 Å². The zero-order valence-electron chi connectivity index (χ0n) is 9.06. The molecule has 0 aliphatic carbocycles. The molecule has 1 rings (SSSR count). The average Bonchev–Trinajstić information content (AvgIpc) is 2.27. The summed E-state index contributed by atoms with van der Waals surface area (Å²) >= 11 is 8.61. The number of alkyl halides is 5. The molecule has 0 heterocycles. The van der Waals surface area contributed by atoms with Crippen molar-refractivity contribution in [1.82, 2.24) is 0 Å². The predicted molar refractivity (Wildman–Crippen MR) is 65.2 cm³/mol. The van der Waals surface area contributed by atoms with Crippen molar-refractivity contribution in [3.63, 3.8) is 0 Å². The Morgan fingerprint density at radius 2 is 2.06 bits per heavy atom. The second-order valence-electron chi connectivity index (χ2n) is 3.42. The van der Waals surface area contributed by atoms with Crippen molar-refractivity contribution in [1.29, 1.82) is 0 Å². The third-order valence-corrected chi connectivity index (χ3v) is 3.02. The fourth-order valence-corrected chi connectivity index (χ4v) is 1.91. The molecule has 0 unspecified atom stereocenters. The van der Waals surface area contributed by atoms with E-state index in [-0.39, 0.29) is 34.7 Å². The van der Waals surface area contributed by atoms with Crippen LogP contribution in [0.5, 0.6) is 5.75 Å². The fourth-order valence-electron chi connectivity index (χ4n) is 1.41. The molecule has 0 fully saturated rings. The Bertz CT molecular complexity index is 435. The third kappa shape index (κ3) is 4.49. The lowest BCUT2D eigenvalue weighted by Crippen LogP contribution is -2.18. The SMILES string of the molecule is O=C(CBr)Cc1cccc(OC(F)(F)F)c1CCl. The summed E-state index contributed by atoms with van der Waals surface area (Å²) in [5.74, 6) is -0.667. The number of rotatable bonds is 5. The molecular weight excluding hydrogens is 336 g/mol. The van der Waals surface area contributed by atoms with Crippen LogP contribution in [0, 0.1) is 0 Å². The van der Waals surface area contributed by atoms with Crippen LogP contribution in [0.4, 0.5) is 13.2 Å². The molecule has 7 heteroatoms. The van der Waals surface area contributed by atoms with E-state index in [0.717, 1.165) is 0 Å². The molecular formula is C11H9BrClF3O2. The lowest BCUT2D eigenvalue weighted by molar-refractivity contribution is -0.274. The van der Waals surface area contributed by atoms with E-state index in [0.29, 0.717) is 5.56 Å². The molecule has 1 aromatic rings. The Hall–Kier alpha value is -0.750. The van der Waals surface area contributed by atoms with Crippen LogP contribution in [-0.2, 0) is 17.1 Å². The number of carbonyl (C=O) groups is 1. The highest BCUT2D eigenvalue weighted by atomic mass is 79.9. The van der Waals surface area contributed by atoms with Crippen LogP contribution >= 0.6 is 27.5 Å². The zero-order valence-corrected chi connectivity index (χ0v) is 11.4. The predicted octanol–water partition coefficient (Wildman–Crippen LogP) is 3.83. The van der Waals surface area contributed by atoms with Crippen LogP contribution in [0.15, 0.2) is 18.2 Å². The van der Waals surface area contributed by atoms with E-state index >= 15 is 0 Å². The molecule has 0 N–H and O–H groups in total. The molecule has 0 bridgehead atoms. The highest BCUT2D eigenvalue weighted by molar-refractivity contribution is 9.09. The van der Waals surface area contributed by atoms with Crippen LogP contribution in [0.25, 0.3) is 0 Å². The minimum atomic E-state index is -4.78. The van der Waals surface area contributed by atoms with Gasteiger partial charge in [-0.25, -0.2) is 0 Å². The molecule has 2 nitrogen and oxygen atoms in total. The normalized spacial score (nSPS) is 11.4. The minimum Gasteiger partial charge on any atom is -0.405 e. The second-order valence-corrected chi connectivity index (χ2v) is 4.25. The molecule has 0 atom stereocenters. The van der Waals surface area contributed by atoms with Crippen LogP contribution in [0.2, 0.25) is 0 Å². The number of Topliss-reactive ketones (excluding diaryl/α,β-unsaturated/α-hetero) is 1. The van der Waals surface area contributed by atoms with Crippen molar-refractivity contribution in [3.05, 3.63) is 29.3 Å². The van der Waals surface area contributed by atoms with E-state index in [1.54, 1.807) is 6.07 Å². The van der Waals surface area contributed by atoms with E-state index < -0.39 is 6.36 Å². The quantitative estimate of drug-likeness (QED) is 0.758. The Labute approximate surface area is 115 Å². The van der Waals surface area contributed by atoms with Crippen LogP contribution in [-0.4, -0.2) is 17.5 Å². The molecule has 0 saturated carbocycles. The highest BCUT2D eigenvalue weighted by Crippen LogP contribution is 2.30. The molecule has 0 saturated heterocycles. The first-order valence-electron chi connectivity index (χ1n) is 4.87. The summed E-state index contributed by atoms with van der Waals surface area (Å²) in [6.45, 7) is 0. The van der Waals surface area contributed by atoms with Gasteiger partial charge >= 0.3 is 6.36 Å². The van der Waals surface area contributed by atoms with Gasteiger partial charge in [0.25, 0.3) is 0 Å². The molecule has 0 amide bonds. The Morgan fingerprint density at radius 3 is 2.56 bits per heavy atom. The maximum Gasteiger partial charge on any atom is 0.573 e. The van der Waals surface area contributed by atoms with E-state index in [1.807, 2.05) is 0 Å². The first-order chi connectivity index (χ1) is 8.37. The van der Waals surface area contributed by atoms with Crippen molar-refractivity contribution < 1.29 is 22.7 Å². The Kier molecular flexibility index (Phi) is 5.47. The van der Waals surface area contributed by atoms with Gasteiger partial charge in [-0.2, -0.15) is 0 Å². The monoisotopic (exact) mass is 344 g/mol. The molecule has 0 aliphatic heterocycles. The summed E-state index contributed by atoms with van der Waals surface area (Å²) in [5, 5.41) is 0.138. The minimum absolute atomic E-state index is 0.0162. The number of hydrogen-bond acceptors (Lipinski definition) is 2. The number of hydrogen-bond donors (Lipinski definition) is 0. The van der Waals surface area contributed by atoms with Gasteiger partial charge in [0, 0.05) is 12.0 Å². The van der Waals surface area contributed by atoms with Crippen molar-refractivity contribution in [2.24, 2.45) is 0 Å². The van der Waals surface area contributed by atoms with Gasteiger partial charge in [-0.15, -0.1) is 24.8 Å². The number of benzene rings is 1. The molecule has 100 valence electrons. The van der Waals surface area contributed by atoms with Crippen molar-refractivity contribution >= 4 is 33.3 Å². The summed E-state index contributed by atoms with van der Waals surface area (Å²) < 4.78 is 40.4. The van der Waals surface area contributed by atoms with Gasteiger partial charge in [-0.3, -0.25) is 4.79 Å². The maximum atomic E-state index is 12.2. The van der Waals surface area contributed by atoms with E-state index in [1.165, 1.54) is 12.1 Å². The highest BCUT2D eigenvalue weighted by Gasteiger charge is 2.32. The first kappa shape index (κ1) is 15.3. The summed E-state index contributed by atoms with van der Waals surface area (Å²) in [5.41, 5.74) is 0.627. The molecule has 18 heavy (non-hydrogen) atoms. The smallest absolute Gasteiger partial charge is 0.405 e. The van der Waals surface area contributed by atoms with Crippen LogP contribution in [0.3, 0.4) is 0 Å². The zero-order chi connectivity index (χ0) is 13.8. The third-order valence-electron chi connectivity index (χ3n) is 2.13. The van der Waals surface area contributed by atoms with Gasteiger partial charge in [0.2, 0.25) is 0 Å². The van der Waals surface area contributed by atoms with Crippen molar-refractivity contribution in [2.75, 3.05) is 5.33 Å². The number of ether oxygens (including phenoxy) is 1. The van der Waals surface area contributed by atoms with E-state index in [2.05, 4.69) is 20.7 Å². The molecule has 0 aliphatic rings. The van der Waals surface area contributed by atoms with Gasteiger partial charge in [-0.1, -0.05) is 28.1 Å². The van der Waals surface area contributed by atoms with Crippen molar-refractivity contribution in [2.45, 2.75) is 18.7 Å². The standard InChI is InChI=1S/C11H9BrClF3O2/c12-5-8(17)4-7-2-1-3-10(9(7)6-13)18-11(14,15)16/h1-3H,4-6H2. The van der Waals surface area contributed by atoms with E-state index in [9.17, 15) is 18.0 Å². The van der Waals surface area contributed by atoms with Gasteiger partial charge in [0.05, 0.1) is 11.2 Å². The summed E-state index contributed by atoms with van der Waals surface area (Å²) in [6.07, 6.45) is -4.76. The van der Waals surface area contributed by atoms with Crippen LogP contribution < -0.4 is 4.74 Å². The van der Waals surface area contributed by atoms with Crippen molar-refractivity contribution in [3.8, 4) is 5.75 Å². The Morgan fingerprint density at radius 1 is 1.39 bits per heavy atom. The maximum absolute atomic E-state index is 12.2. The summed E-state index contributed by atoms with van der Waals surface area (Å²) in [6, 6.07) is 4.13. The van der Waals surface area contributed by atoms with Crippen LogP contribution in [0.1, 0.15) is 11.1 Å². The number of halogens is 5. The molecule has 0 radical (unpaired) electrons. The topological polar surface area (TPSA) is 26.3 Å². The van der Waals surface area contributed by atoms with Gasteiger partial charge in [-0.05, 0) is 11.6 Å². The molecule has 1 aromatic carbocycles. The van der Waals surface area contributed by atoms with Gasteiger partial charge < -0.3 is 4.74 Å². The van der Waals surface area contributed by atoms with Gasteiger partial charge in [0.15, 0.2) is 0 Å².